The van der Waals surface area contributed by atoms with E-state index in [0.717, 1.165) is 37.3 Å². The van der Waals surface area contributed by atoms with E-state index in [1.807, 2.05) is 18.3 Å². The summed E-state index contributed by atoms with van der Waals surface area (Å²) in [6, 6.07) is 4.45. The molecule has 5 nitrogen and oxygen atoms in total. The lowest BCUT2D eigenvalue weighted by atomic mass is 9.85. The van der Waals surface area contributed by atoms with Gasteiger partial charge in [0.15, 0.2) is 0 Å². The van der Waals surface area contributed by atoms with Gasteiger partial charge in [-0.2, -0.15) is 0 Å². The number of nitrogens with two attached hydrogens (primary N) is 1. The first-order chi connectivity index (χ1) is 9.26. The van der Waals surface area contributed by atoms with Crippen molar-refractivity contribution in [2.45, 2.75) is 31.8 Å². The summed E-state index contributed by atoms with van der Waals surface area (Å²) in [5.74, 6) is 1.79. The smallest absolute Gasteiger partial charge is 0.220 e. The molecule has 0 saturated carbocycles. The summed E-state index contributed by atoms with van der Waals surface area (Å²) in [6.45, 7) is 2.47. The third-order valence-corrected chi connectivity index (χ3v) is 4.19. The summed E-state index contributed by atoms with van der Waals surface area (Å²) in [5, 5.41) is 3.11. The summed E-state index contributed by atoms with van der Waals surface area (Å²) in [7, 11) is 0. The first-order valence-corrected chi connectivity index (χ1v) is 6.95. The lowest BCUT2D eigenvalue weighted by Crippen LogP contribution is -2.54. The van der Waals surface area contributed by atoms with Gasteiger partial charge in [0.05, 0.1) is 0 Å². The number of carbonyl (C=O) groups is 1. The molecule has 2 aliphatic rings. The van der Waals surface area contributed by atoms with Crippen molar-refractivity contribution in [3.05, 3.63) is 23.9 Å². The molecular weight excluding hydrogens is 240 g/mol. The average Bonchev–Trinajstić information content (AvgIpc) is 2.47. The monoisotopic (exact) mass is 260 g/mol. The summed E-state index contributed by atoms with van der Waals surface area (Å²) in [4.78, 5) is 18.2. The molecule has 2 fully saturated rings. The second kappa shape index (κ2) is 5.17. The van der Waals surface area contributed by atoms with Crippen molar-refractivity contribution in [1.29, 1.82) is 0 Å². The van der Waals surface area contributed by atoms with Crippen LogP contribution in [-0.4, -0.2) is 30.0 Å². The Hall–Kier alpha value is -1.62. The van der Waals surface area contributed by atoms with E-state index >= 15 is 0 Å². The number of carbonyl (C=O) groups excluding carboxylic acids is 1. The molecule has 102 valence electrons. The number of rotatable bonds is 2. The molecule has 0 spiro atoms. The predicted molar refractivity (Wildman–Crippen MR) is 73.6 cm³/mol. The molecule has 0 bridgehead atoms. The molecule has 0 radical (unpaired) electrons. The van der Waals surface area contributed by atoms with Crippen molar-refractivity contribution in [1.82, 2.24) is 10.3 Å². The number of piperidine rings is 2. The van der Waals surface area contributed by atoms with Gasteiger partial charge in [0.1, 0.15) is 5.82 Å². The molecular formula is C14H20N4O. The van der Waals surface area contributed by atoms with Crippen LogP contribution in [0.5, 0.6) is 0 Å². The largest absolute Gasteiger partial charge is 0.356 e. The number of aromatic nitrogens is 1. The van der Waals surface area contributed by atoms with Crippen LogP contribution in [0, 0.1) is 5.92 Å². The van der Waals surface area contributed by atoms with E-state index in [1.54, 1.807) is 0 Å². The Morgan fingerprint density at radius 1 is 1.42 bits per heavy atom. The highest BCUT2D eigenvalue weighted by Crippen LogP contribution is 2.27. The first kappa shape index (κ1) is 12.4. The molecule has 1 amide bonds. The SMILES string of the molecule is NCc1ccc(N2CCC3NC(=O)CCC3C2)nc1. The Bertz CT molecular complexity index is 459. The fraction of sp³-hybridized carbons (Fsp3) is 0.571. The van der Waals surface area contributed by atoms with E-state index in [-0.39, 0.29) is 5.91 Å². The van der Waals surface area contributed by atoms with E-state index in [4.69, 9.17) is 5.73 Å². The third-order valence-electron chi connectivity index (χ3n) is 4.19. The lowest BCUT2D eigenvalue weighted by molar-refractivity contribution is -0.124. The van der Waals surface area contributed by atoms with Gasteiger partial charge in [-0.05, 0) is 30.4 Å². The highest BCUT2D eigenvalue weighted by Gasteiger charge is 2.33. The normalized spacial score (nSPS) is 26.8. The number of pyridine rings is 1. The maximum Gasteiger partial charge on any atom is 0.220 e. The minimum absolute atomic E-state index is 0.208. The van der Waals surface area contributed by atoms with Crippen LogP contribution in [0.1, 0.15) is 24.8 Å². The van der Waals surface area contributed by atoms with Gasteiger partial charge in [-0.15, -0.1) is 0 Å². The number of fused-ring (bicyclic) bond motifs is 1. The van der Waals surface area contributed by atoms with Crippen molar-refractivity contribution in [2.75, 3.05) is 18.0 Å². The van der Waals surface area contributed by atoms with Gasteiger partial charge in [-0.1, -0.05) is 6.07 Å². The van der Waals surface area contributed by atoms with Gasteiger partial charge < -0.3 is 16.0 Å². The standard InChI is InChI=1S/C14H20N4O/c15-7-10-1-3-13(16-8-10)18-6-5-12-11(9-18)2-4-14(19)17-12/h1,3,8,11-12H,2,4-7,9,15H2,(H,17,19). The second-order valence-electron chi connectivity index (χ2n) is 5.44. The van der Waals surface area contributed by atoms with Gasteiger partial charge >= 0.3 is 0 Å². The number of nitrogens with one attached hydrogen (secondary N) is 1. The predicted octanol–water partition coefficient (Wildman–Crippen LogP) is 0.645. The maximum absolute atomic E-state index is 11.4. The van der Waals surface area contributed by atoms with Crippen LogP contribution in [0.2, 0.25) is 0 Å². The Morgan fingerprint density at radius 3 is 3.05 bits per heavy atom. The third kappa shape index (κ3) is 2.56. The molecule has 2 unspecified atom stereocenters. The van der Waals surface area contributed by atoms with Crippen LogP contribution >= 0.6 is 0 Å². The quantitative estimate of drug-likeness (QED) is 0.819. The highest BCUT2D eigenvalue weighted by atomic mass is 16.1. The van der Waals surface area contributed by atoms with Crippen molar-refractivity contribution >= 4 is 11.7 Å². The van der Waals surface area contributed by atoms with E-state index in [2.05, 4.69) is 15.2 Å². The number of amides is 1. The molecule has 2 aliphatic heterocycles. The molecule has 1 aromatic rings. The molecule has 2 saturated heterocycles. The molecule has 3 rings (SSSR count). The Morgan fingerprint density at radius 2 is 2.32 bits per heavy atom. The molecule has 0 aliphatic carbocycles. The fourth-order valence-corrected chi connectivity index (χ4v) is 3.04. The summed E-state index contributed by atoms with van der Waals surface area (Å²) < 4.78 is 0. The topological polar surface area (TPSA) is 71.2 Å². The van der Waals surface area contributed by atoms with Gasteiger partial charge in [0, 0.05) is 38.3 Å². The molecule has 0 aromatic carbocycles. The first-order valence-electron chi connectivity index (χ1n) is 6.95. The lowest BCUT2D eigenvalue weighted by Gasteiger charge is -2.41. The van der Waals surface area contributed by atoms with E-state index in [9.17, 15) is 4.79 Å². The highest BCUT2D eigenvalue weighted by molar-refractivity contribution is 5.77. The van der Waals surface area contributed by atoms with Crippen LogP contribution in [-0.2, 0) is 11.3 Å². The minimum atomic E-state index is 0.208. The van der Waals surface area contributed by atoms with Crippen molar-refractivity contribution < 1.29 is 4.79 Å². The van der Waals surface area contributed by atoms with Gasteiger partial charge in [-0.25, -0.2) is 4.98 Å². The Labute approximate surface area is 113 Å². The summed E-state index contributed by atoms with van der Waals surface area (Å²) >= 11 is 0. The zero-order valence-electron chi connectivity index (χ0n) is 11.0. The van der Waals surface area contributed by atoms with Gasteiger partial charge in [0.2, 0.25) is 5.91 Å². The number of hydrogen-bond donors (Lipinski definition) is 2. The molecule has 3 N–H and O–H groups in total. The van der Waals surface area contributed by atoms with Crippen LogP contribution in [0.4, 0.5) is 5.82 Å². The van der Waals surface area contributed by atoms with Crippen LogP contribution in [0.3, 0.4) is 0 Å². The van der Waals surface area contributed by atoms with Gasteiger partial charge in [-0.3, -0.25) is 4.79 Å². The number of hydrogen-bond acceptors (Lipinski definition) is 4. The summed E-state index contributed by atoms with van der Waals surface area (Å²) in [6.07, 6.45) is 4.52. The zero-order chi connectivity index (χ0) is 13.2. The molecule has 5 heteroatoms. The van der Waals surface area contributed by atoms with Crippen LogP contribution in [0.15, 0.2) is 18.3 Å². The van der Waals surface area contributed by atoms with Crippen molar-refractivity contribution in [2.24, 2.45) is 11.7 Å². The average molecular weight is 260 g/mol. The van der Waals surface area contributed by atoms with E-state index in [0.29, 0.717) is 24.9 Å². The van der Waals surface area contributed by atoms with Crippen molar-refractivity contribution in [3.8, 4) is 0 Å². The maximum atomic E-state index is 11.4. The molecule has 19 heavy (non-hydrogen) atoms. The number of anilines is 1. The minimum Gasteiger partial charge on any atom is -0.356 e. The zero-order valence-corrected chi connectivity index (χ0v) is 11.0. The van der Waals surface area contributed by atoms with Crippen molar-refractivity contribution in [3.63, 3.8) is 0 Å². The Balaban J connectivity index is 1.68. The van der Waals surface area contributed by atoms with E-state index < -0.39 is 0 Å². The molecule has 3 heterocycles. The second-order valence-corrected chi connectivity index (χ2v) is 5.44. The van der Waals surface area contributed by atoms with Gasteiger partial charge in [0.25, 0.3) is 0 Å². The van der Waals surface area contributed by atoms with Crippen LogP contribution in [0.25, 0.3) is 0 Å². The fourth-order valence-electron chi connectivity index (χ4n) is 3.04. The summed E-state index contributed by atoms with van der Waals surface area (Å²) in [5.41, 5.74) is 6.64. The molecule has 1 aromatic heterocycles. The van der Waals surface area contributed by atoms with Crippen LogP contribution < -0.4 is 16.0 Å². The van der Waals surface area contributed by atoms with E-state index in [1.165, 1.54) is 0 Å². The molecule has 2 atom stereocenters. The Kier molecular flexibility index (Phi) is 3.38. The number of nitrogens with zero attached hydrogens (tertiary/aromatic N) is 2.